The van der Waals surface area contributed by atoms with Crippen LogP contribution in [-0.2, 0) is 0 Å². The first-order valence-corrected chi connectivity index (χ1v) is 5.78. The summed E-state index contributed by atoms with van der Waals surface area (Å²) in [4.78, 5) is 4.33. The third kappa shape index (κ3) is 3.29. The molecule has 0 saturated carbocycles. The van der Waals surface area contributed by atoms with Gasteiger partial charge in [-0.1, -0.05) is 20.3 Å². The first kappa shape index (κ1) is 11.5. The molecule has 2 nitrogen and oxygen atoms in total. The Morgan fingerprint density at radius 1 is 1.57 bits per heavy atom. The third-order valence-electron chi connectivity index (χ3n) is 2.29. The molecule has 0 aliphatic carbocycles. The van der Waals surface area contributed by atoms with Gasteiger partial charge in [0, 0.05) is 12.7 Å². The summed E-state index contributed by atoms with van der Waals surface area (Å²) in [6.45, 7) is 7.44. The van der Waals surface area contributed by atoms with E-state index >= 15 is 0 Å². The van der Waals surface area contributed by atoms with E-state index in [9.17, 15) is 0 Å². The van der Waals surface area contributed by atoms with Crippen LogP contribution in [0.15, 0.2) is 16.7 Å². The molecule has 0 aliphatic heterocycles. The molecule has 1 aromatic heterocycles. The summed E-state index contributed by atoms with van der Waals surface area (Å²) in [7, 11) is 0. The standard InChI is InChI=1S/C11H17BrN2/c1-4-8(2)6-13-11-10(12)5-9(3)7-14-11/h5,7-8H,4,6H2,1-3H3,(H,13,14). The molecule has 0 aliphatic rings. The molecule has 0 fully saturated rings. The summed E-state index contributed by atoms with van der Waals surface area (Å²) in [6, 6.07) is 2.08. The van der Waals surface area contributed by atoms with Gasteiger partial charge in [0.1, 0.15) is 5.82 Å². The van der Waals surface area contributed by atoms with Crippen molar-refractivity contribution in [2.24, 2.45) is 5.92 Å². The lowest BCUT2D eigenvalue weighted by Crippen LogP contribution is -2.11. The zero-order valence-electron chi connectivity index (χ0n) is 8.97. The van der Waals surface area contributed by atoms with E-state index in [0.29, 0.717) is 5.92 Å². The van der Waals surface area contributed by atoms with E-state index in [2.05, 4.69) is 46.1 Å². The van der Waals surface area contributed by atoms with Gasteiger partial charge < -0.3 is 5.32 Å². The number of hydrogen-bond acceptors (Lipinski definition) is 2. The maximum Gasteiger partial charge on any atom is 0.140 e. The molecule has 0 amide bonds. The lowest BCUT2D eigenvalue weighted by molar-refractivity contribution is 0.592. The van der Waals surface area contributed by atoms with Crippen molar-refractivity contribution in [3.05, 3.63) is 22.3 Å². The van der Waals surface area contributed by atoms with Crippen LogP contribution in [-0.4, -0.2) is 11.5 Å². The van der Waals surface area contributed by atoms with Gasteiger partial charge in [-0.3, -0.25) is 0 Å². The molecule has 1 unspecified atom stereocenters. The van der Waals surface area contributed by atoms with Crippen LogP contribution in [0.1, 0.15) is 25.8 Å². The summed E-state index contributed by atoms with van der Waals surface area (Å²) >= 11 is 3.49. The molecule has 1 atom stereocenters. The van der Waals surface area contributed by atoms with Crippen molar-refractivity contribution < 1.29 is 0 Å². The monoisotopic (exact) mass is 256 g/mol. The quantitative estimate of drug-likeness (QED) is 0.891. The topological polar surface area (TPSA) is 24.9 Å². The predicted molar refractivity (Wildman–Crippen MR) is 64.6 cm³/mol. The van der Waals surface area contributed by atoms with E-state index in [0.717, 1.165) is 16.8 Å². The Labute approximate surface area is 94.3 Å². The summed E-state index contributed by atoms with van der Waals surface area (Å²) in [5.41, 5.74) is 1.17. The number of aryl methyl sites for hydroxylation is 1. The van der Waals surface area contributed by atoms with Crippen LogP contribution >= 0.6 is 15.9 Å². The molecule has 0 spiro atoms. The molecule has 1 heterocycles. The first-order valence-electron chi connectivity index (χ1n) is 4.99. The van der Waals surface area contributed by atoms with Gasteiger partial charge in [-0.2, -0.15) is 0 Å². The molecule has 0 saturated heterocycles. The molecule has 1 aromatic rings. The van der Waals surface area contributed by atoms with Crippen molar-refractivity contribution in [3.63, 3.8) is 0 Å². The summed E-state index contributed by atoms with van der Waals surface area (Å²) in [6.07, 6.45) is 3.07. The highest BCUT2D eigenvalue weighted by Crippen LogP contribution is 2.20. The van der Waals surface area contributed by atoms with E-state index < -0.39 is 0 Å². The van der Waals surface area contributed by atoms with E-state index in [4.69, 9.17) is 0 Å². The first-order chi connectivity index (χ1) is 6.63. The zero-order chi connectivity index (χ0) is 10.6. The van der Waals surface area contributed by atoms with E-state index in [1.807, 2.05) is 13.1 Å². The molecule has 0 aromatic carbocycles. The van der Waals surface area contributed by atoms with Crippen LogP contribution in [0.2, 0.25) is 0 Å². The zero-order valence-corrected chi connectivity index (χ0v) is 10.6. The number of nitrogens with one attached hydrogen (secondary N) is 1. The highest BCUT2D eigenvalue weighted by atomic mass is 79.9. The molecule has 1 rings (SSSR count). The van der Waals surface area contributed by atoms with Crippen molar-refractivity contribution in [3.8, 4) is 0 Å². The lowest BCUT2D eigenvalue weighted by Gasteiger charge is -2.11. The minimum Gasteiger partial charge on any atom is -0.369 e. The smallest absolute Gasteiger partial charge is 0.140 e. The Morgan fingerprint density at radius 3 is 2.86 bits per heavy atom. The Kier molecular flexibility index (Phi) is 4.39. The summed E-state index contributed by atoms with van der Waals surface area (Å²) < 4.78 is 1.04. The van der Waals surface area contributed by atoms with E-state index in [-0.39, 0.29) is 0 Å². The number of aromatic nitrogens is 1. The number of rotatable bonds is 4. The van der Waals surface area contributed by atoms with Crippen LogP contribution in [0.4, 0.5) is 5.82 Å². The van der Waals surface area contributed by atoms with Crippen molar-refractivity contribution in [1.82, 2.24) is 4.98 Å². The minimum atomic E-state index is 0.685. The van der Waals surface area contributed by atoms with Gasteiger partial charge >= 0.3 is 0 Å². The second-order valence-corrected chi connectivity index (χ2v) is 4.59. The minimum absolute atomic E-state index is 0.685. The van der Waals surface area contributed by atoms with Gasteiger partial charge in [0.15, 0.2) is 0 Å². The number of pyridine rings is 1. The Balaban J connectivity index is 2.59. The number of hydrogen-bond donors (Lipinski definition) is 1. The highest BCUT2D eigenvalue weighted by molar-refractivity contribution is 9.10. The van der Waals surface area contributed by atoms with Crippen molar-refractivity contribution >= 4 is 21.7 Å². The number of halogens is 1. The van der Waals surface area contributed by atoms with Crippen LogP contribution < -0.4 is 5.32 Å². The molecule has 14 heavy (non-hydrogen) atoms. The van der Waals surface area contributed by atoms with E-state index in [1.54, 1.807) is 0 Å². The molecule has 0 bridgehead atoms. The average Bonchev–Trinajstić information content (AvgIpc) is 2.16. The van der Waals surface area contributed by atoms with Gasteiger partial charge in [0.05, 0.1) is 4.47 Å². The van der Waals surface area contributed by atoms with Gasteiger partial charge in [-0.15, -0.1) is 0 Å². The second-order valence-electron chi connectivity index (χ2n) is 3.74. The maximum atomic E-state index is 4.33. The van der Waals surface area contributed by atoms with Crippen LogP contribution in [0.25, 0.3) is 0 Å². The largest absolute Gasteiger partial charge is 0.369 e. The molecule has 0 radical (unpaired) electrons. The normalized spacial score (nSPS) is 12.6. The fourth-order valence-corrected chi connectivity index (χ4v) is 1.68. The van der Waals surface area contributed by atoms with Crippen LogP contribution in [0.5, 0.6) is 0 Å². The van der Waals surface area contributed by atoms with Crippen molar-refractivity contribution in [2.75, 3.05) is 11.9 Å². The number of nitrogens with zero attached hydrogens (tertiary/aromatic N) is 1. The van der Waals surface area contributed by atoms with Crippen molar-refractivity contribution in [2.45, 2.75) is 27.2 Å². The lowest BCUT2D eigenvalue weighted by atomic mass is 10.1. The Morgan fingerprint density at radius 2 is 2.29 bits per heavy atom. The maximum absolute atomic E-state index is 4.33. The second kappa shape index (κ2) is 5.35. The van der Waals surface area contributed by atoms with Gasteiger partial charge in [-0.05, 0) is 40.4 Å². The van der Waals surface area contributed by atoms with Crippen LogP contribution in [0, 0.1) is 12.8 Å². The molecule has 3 heteroatoms. The molecule has 1 N–H and O–H groups in total. The third-order valence-corrected chi connectivity index (χ3v) is 2.90. The van der Waals surface area contributed by atoms with E-state index in [1.165, 1.54) is 12.0 Å². The van der Waals surface area contributed by atoms with Crippen LogP contribution in [0.3, 0.4) is 0 Å². The Hall–Kier alpha value is -0.570. The fourth-order valence-electron chi connectivity index (χ4n) is 1.08. The summed E-state index contributed by atoms with van der Waals surface area (Å²) in [5.74, 6) is 1.63. The average molecular weight is 257 g/mol. The highest BCUT2D eigenvalue weighted by Gasteiger charge is 2.03. The van der Waals surface area contributed by atoms with Crippen molar-refractivity contribution in [1.29, 1.82) is 0 Å². The van der Waals surface area contributed by atoms with Gasteiger partial charge in [0.2, 0.25) is 0 Å². The SMILES string of the molecule is CCC(C)CNc1ncc(C)cc1Br. The molecular weight excluding hydrogens is 240 g/mol. The van der Waals surface area contributed by atoms with Gasteiger partial charge in [0.25, 0.3) is 0 Å². The molecular formula is C11H17BrN2. The predicted octanol–water partition coefficient (Wildman–Crippen LogP) is 3.61. The Bertz CT molecular complexity index is 299. The number of anilines is 1. The fraction of sp³-hybridized carbons (Fsp3) is 0.545. The summed E-state index contributed by atoms with van der Waals surface area (Å²) in [5, 5.41) is 3.33. The molecule has 78 valence electrons. The van der Waals surface area contributed by atoms with Gasteiger partial charge in [-0.25, -0.2) is 4.98 Å².